The lowest BCUT2D eigenvalue weighted by Gasteiger charge is -2.21. The first-order valence-electron chi connectivity index (χ1n) is 6.94. The summed E-state index contributed by atoms with van der Waals surface area (Å²) in [6.45, 7) is 1.62. The number of aromatic nitrogens is 2. The second kappa shape index (κ2) is 6.41. The van der Waals surface area contributed by atoms with Crippen molar-refractivity contribution < 1.29 is 9.53 Å². The second-order valence-electron chi connectivity index (χ2n) is 5.03. The molecule has 5 nitrogen and oxygen atoms in total. The minimum atomic E-state index is -0.153. The smallest absolute Gasteiger partial charge is 0.258 e. The van der Waals surface area contributed by atoms with Crippen molar-refractivity contribution in [1.82, 2.24) is 9.97 Å². The molecule has 1 N–H and O–H groups in total. The van der Waals surface area contributed by atoms with Gasteiger partial charge in [0.25, 0.3) is 5.56 Å². The summed E-state index contributed by atoms with van der Waals surface area (Å²) in [6, 6.07) is 4.92. The molecule has 0 spiro atoms. The fraction of sp³-hybridized carbons (Fsp3) is 0.400. The number of nitrogens with zero attached hydrogens (tertiary/aromatic N) is 1. The van der Waals surface area contributed by atoms with E-state index in [9.17, 15) is 9.59 Å². The molecular weight excluding hydrogens is 288 g/mol. The maximum Gasteiger partial charge on any atom is 0.258 e. The number of hydrogen-bond acceptors (Lipinski definition) is 5. The average molecular weight is 304 g/mol. The van der Waals surface area contributed by atoms with Crippen LogP contribution >= 0.6 is 11.8 Å². The third-order valence-electron chi connectivity index (χ3n) is 3.54. The number of nitrogens with one attached hydrogen (secondary N) is 1. The van der Waals surface area contributed by atoms with Gasteiger partial charge in [-0.15, -0.1) is 0 Å². The highest BCUT2D eigenvalue weighted by Gasteiger charge is 2.15. The molecule has 2 heterocycles. The maximum atomic E-state index is 12.0. The lowest BCUT2D eigenvalue weighted by molar-refractivity contribution is 0.1000. The van der Waals surface area contributed by atoms with Crippen molar-refractivity contribution in [2.45, 2.75) is 23.8 Å². The van der Waals surface area contributed by atoms with Crippen molar-refractivity contribution in [3.63, 3.8) is 0 Å². The fourth-order valence-corrected chi connectivity index (χ4v) is 3.44. The Morgan fingerprint density at radius 1 is 1.38 bits per heavy atom. The summed E-state index contributed by atoms with van der Waals surface area (Å²) in [5.41, 5.74) is 0.953. The number of ether oxygens (including phenoxy) is 1. The molecule has 0 saturated carbocycles. The van der Waals surface area contributed by atoms with Gasteiger partial charge in [-0.25, -0.2) is 4.98 Å². The molecule has 2 aromatic rings. The molecule has 6 heteroatoms. The van der Waals surface area contributed by atoms with E-state index in [1.165, 1.54) is 0 Å². The Kier molecular flexibility index (Phi) is 4.36. The van der Waals surface area contributed by atoms with E-state index in [0.29, 0.717) is 33.3 Å². The van der Waals surface area contributed by atoms with Crippen molar-refractivity contribution in [3.8, 4) is 0 Å². The molecule has 1 aromatic carbocycles. The third kappa shape index (κ3) is 3.33. The number of H-pyrrole nitrogens is 1. The summed E-state index contributed by atoms with van der Waals surface area (Å²) < 4.78 is 5.33. The zero-order valence-corrected chi connectivity index (χ0v) is 12.3. The van der Waals surface area contributed by atoms with Gasteiger partial charge in [0, 0.05) is 24.0 Å². The van der Waals surface area contributed by atoms with Gasteiger partial charge in [-0.1, -0.05) is 6.07 Å². The molecule has 1 aliphatic rings. The van der Waals surface area contributed by atoms with Crippen LogP contribution in [0.25, 0.3) is 10.9 Å². The zero-order valence-electron chi connectivity index (χ0n) is 11.5. The first-order chi connectivity index (χ1) is 10.3. The molecule has 110 valence electrons. The second-order valence-corrected chi connectivity index (χ2v) is 6.32. The SMILES string of the molecule is O=Cc1ccc2c(=O)[nH]c(CSC3CCOCC3)nc2c1. The summed E-state index contributed by atoms with van der Waals surface area (Å²) in [5.74, 6) is 1.33. The van der Waals surface area contributed by atoms with Gasteiger partial charge in [-0.3, -0.25) is 9.59 Å². The first kappa shape index (κ1) is 14.3. The van der Waals surface area contributed by atoms with Gasteiger partial charge in [0.1, 0.15) is 12.1 Å². The van der Waals surface area contributed by atoms with Crippen LogP contribution in [0, 0.1) is 0 Å². The summed E-state index contributed by atoms with van der Waals surface area (Å²) in [7, 11) is 0. The third-order valence-corrected chi connectivity index (χ3v) is 4.92. The molecule has 0 amide bonds. The average Bonchev–Trinajstić information content (AvgIpc) is 2.53. The van der Waals surface area contributed by atoms with Crippen LogP contribution in [0.15, 0.2) is 23.0 Å². The number of fused-ring (bicyclic) bond motifs is 1. The Morgan fingerprint density at radius 2 is 2.19 bits per heavy atom. The van der Waals surface area contributed by atoms with Crippen LogP contribution in [-0.2, 0) is 10.5 Å². The number of rotatable bonds is 4. The number of aldehydes is 1. The van der Waals surface area contributed by atoms with Gasteiger partial charge in [-0.05, 0) is 25.0 Å². The molecule has 1 aliphatic heterocycles. The van der Waals surface area contributed by atoms with Gasteiger partial charge < -0.3 is 9.72 Å². The minimum absolute atomic E-state index is 0.153. The molecule has 0 radical (unpaired) electrons. The van der Waals surface area contributed by atoms with Crippen LogP contribution in [0.1, 0.15) is 29.0 Å². The Morgan fingerprint density at radius 3 is 2.95 bits per heavy atom. The Balaban J connectivity index is 1.81. The first-order valence-corrected chi connectivity index (χ1v) is 7.98. The summed E-state index contributed by atoms with van der Waals surface area (Å²) in [5, 5.41) is 1.07. The van der Waals surface area contributed by atoms with E-state index in [1.807, 2.05) is 0 Å². The molecule has 0 unspecified atom stereocenters. The number of carbonyl (C=O) groups excluding carboxylic acids is 1. The molecule has 1 fully saturated rings. The van der Waals surface area contributed by atoms with Crippen LogP contribution < -0.4 is 5.56 Å². The maximum absolute atomic E-state index is 12.0. The molecular formula is C15H16N2O3S. The van der Waals surface area contributed by atoms with Gasteiger partial charge in [0.05, 0.1) is 16.7 Å². The standard InChI is InChI=1S/C15H16N2O3S/c18-8-10-1-2-12-13(7-10)16-14(17-15(12)19)9-21-11-3-5-20-6-4-11/h1-2,7-8,11H,3-6,9H2,(H,16,17,19). The van der Waals surface area contributed by atoms with E-state index in [2.05, 4.69) is 9.97 Å². The normalized spacial score (nSPS) is 16.2. The lowest BCUT2D eigenvalue weighted by atomic mass is 10.2. The predicted octanol–water partition coefficient (Wildman–Crippen LogP) is 2.15. The van der Waals surface area contributed by atoms with Gasteiger partial charge >= 0.3 is 0 Å². The van der Waals surface area contributed by atoms with Crippen molar-refractivity contribution >= 4 is 29.0 Å². The van der Waals surface area contributed by atoms with Crippen molar-refractivity contribution in [2.75, 3.05) is 13.2 Å². The molecule has 21 heavy (non-hydrogen) atoms. The molecule has 0 atom stereocenters. The van der Waals surface area contributed by atoms with Crippen LogP contribution in [0.5, 0.6) is 0 Å². The highest BCUT2D eigenvalue weighted by atomic mass is 32.2. The number of benzene rings is 1. The Hall–Kier alpha value is -1.66. The van der Waals surface area contributed by atoms with E-state index < -0.39 is 0 Å². The fourth-order valence-electron chi connectivity index (χ4n) is 2.39. The van der Waals surface area contributed by atoms with E-state index in [1.54, 1.807) is 30.0 Å². The summed E-state index contributed by atoms with van der Waals surface area (Å²) in [6.07, 6.45) is 2.84. The minimum Gasteiger partial charge on any atom is -0.381 e. The van der Waals surface area contributed by atoms with Crippen LogP contribution in [0.2, 0.25) is 0 Å². The highest BCUT2D eigenvalue weighted by Crippen LogP contribution is 2.24. The van der Waals surface area contributed by atoms with Gasteiger partial charge in [0.2, 0.25) is 0 Å². The largest absolute Gasteiger partial charge is 0.381 e. The quantitative estimate of drug-likeness (QED) is 0.876. The van der Waals surface area contributed by atoms with Crippen molar-refractivity contribution in [1.29, 1.82) is 0 Å². The number of thioether (sulfide) groups is 1. The van der Waals surface area contributed by atoms with Crippen molar-refractivity contribution in [3.05, 3.63) is 39.9 Å². The van der Waals surface area contributed by atoms with E-state index in [4.69, 9.17) is 4.74 Å². The molecule has 0 bridgehead atoms. The van der Waals surface area contributed by atoms with E-state index >= 15 is 0 Å². The summed E-state index contributed by atoms with van der Waals surface area (Å²) in [4.78, 5) is 30.1. The highest BCUT2D eigenvalue weighted by molar-refractivity contribution is 7.99. The van der Waals surface area contributed by atoms with Crippen molar-refractivity contribution in [2.24, 2.45) is 0 Å². The lowest BCUT2D eigenvalue weighted by Crippen LogP contribution is -2.18. The molecule has 0 aliphatic carbocycles. The van der Waals surface area contributed by atoms with Crippen LogP contribution in [-0.4, -0.2) is 34.7 Å². The van der Waals surface area contributed by atoms with E-state index in [0.717, 1.165) is 32.3 Å². The van der Waals surface area contributed by atoms with Crippen LogP contribution in [0.3, 0.4) is 0 Å². The Bertz CT molecular complexity index is 708. The molecule has 1 saturated heterocycles. The zero-order chi connectivity index (χ0) is 14.7. The topological polar surface area (TPSA) is 72.0 Å². The molecule has 3 rings (SSSR count). The number of aromatic amines is 1. The van der Waals surface area contributed by atoms with Crippen LogP contribution in [0.4, 0.5) is 0 Å². The monoisotopic (exact) mass is 304 g/mol. The number of carbonyl (C=O) groups is 1. The Labute approximate surface area is 126 Å². The van der Waals surface area contributed by atoms with Gasteiger partial charge in [0.15, 0.2) is 0 Å². The number of hydrogen-bond donors (Lipinski definition) is 1. The van der Waals surface area contributed by atoms with E-state index in [-0.39, 0.29) is 5.56 Å². The summed E-state index contributed by atoms with van der Waals surface area (Å²) >= 11 is 1.80. The predicted molar refractivity (Wildman–Crippen MR) is 82.9 cm³/mol. The molecule has 1 aromatic heterocycles. The van der Waals surface area contributed by atoms with Gasteiger partial charge in [-0.2, -0.15) is 11.8 Å².